The Morgan fingerprint density at radius 2 is 2.29 bits per heavy atom. The minimum Gasteiger partial charge on any atom is -0.389 e. The van der Waals surface area contributed by atoms with Gasteiger partial charge in [0.1, 0.15) is 5.82 Å². The van der Waals surface area contributed by atoms with Crippen molar-refractivity contribution in [1.82, 2.24) is 14.9 Å². The summed E-state index contributed by atoms with van der Waals surface area (Å²) in [7, 11) is 0. The summed E-state index contributed by atoms with van der Waals surface area (Å²) in [6, 6.07) is 0. The van der Waals surface area contributed by atoms with E-state index in [9.17, 15) is 5.11 Å². The first-order valence-electron chi connectivity index (χ1n) is 6.08. The van der Waals surface area contributed by atoms with Crippen LogP contribution in [0.2, 0.25) is 0 Å². The standard InChI is InChI=1S/C12H20N4O/c1-3-13-11-7-14-10(6-15-11)8-16-5-4-12(2,17)9-16/h6-7,17H,3-5,8-9H2,1-2H3,(H,13,15). The van der Waals surface area contributed by atoms with Crippen LogP contribution in [0.15, 0.2) is 12.4 Å². The van der Waals surface area contributed by atoms with Crippen LogP contribution in [0, 0.1) is 0 Å². The Morgan fingerprint density at radius 3 is 2.82 bits per heavy atom. The first-order valence-corrected chi connectivity index (χ1v) is 6.08. The van der Waals surface area contributed by atoms with Crippen LogP contribution >= 0.6 is 0 Å². The van der Waals surface area contributed by atoms with E-state index in [1.165, 1.54) is 0 Å². The smallest absolute Gasteiger partial charge is 0.144 e. The Balaban J connectivity index is 1.91. The molecule has 0 aliphatic carbocycles. The number of hydrogen-bond acceptors (Lipinski definition) is 5. The Labute approximate surface area is 102 Å². The summed E-state index contributed by atoms with van der Waals surface area (Å²) >= 11 is 0. The third-order valence-corrected chi connectivity index (χ3v) is 2.98. The van der Waals surface area contributed by atoms with E-state index in [4.69, 9.17) is 0 Å². The highest BCUT2D eigenvalue weighted by atomic mass is 16.3. The molecule has 1 atom stereocenters. The second-order valence-corrected chi connectivity index (χ2v) is 4.88. The van der Waals surface area contributed by atoms with Gasteiger partial charge in [0.05, 0.1) is 23.7 Å². The highest BCUT2D eigenvalue weighted by Crippen LogP contribution is 2.21. The molecule has 1 unspecified atom stereocenters. The average Bonchev–Trinajstić information content (AvgIpc) is 2.61. The van der Waals surface area contributed by atoms with Crippen LogP contribution in [0.25, 0.3) is 0 Å². The third-order valence-electron chi connectivity index (χ3n) is 2.98. The molecule has 2 rings (SSSR count). The van der Waals surface area contributed by atoms with Gasteiger partial charge in [-0.15, -0.1) is 0 Å². The molecule has 1 saturated heterocycles. The fourth-order valence-corrected chi connectivity index (χ4v) is 2.11. The fraction of sp³-hybridized carbons (Fsp3) is 0.667. The van der Waals surface area contributed by atoms with Crippen molar-refractivity contribution >= 4 is 5.82 Å². The number of aromatic nitrogens is 2. The number of anilines is 1. The summed E-state index contributed by atoms with van der Waals surface area (Å²) < 4.78 is 0. The van der Waals surface area contributed by atoms with E-state index in [2.05, 4.69) is 20.2 Å². The van der Waals surface area contributed by atoms with Gasteiger partial charge < -0.3 is 10.4 Å². The van der Waals surface area contributed by atoms with E-state index in [1.54, 1.807) is 12.4 Å². The van der Waals surface area contributed by atoms with Crippen LogP contribution in [0.3, 0.4) is 0 Å². The summed E-state index contributed by atoms with van der Waals surface area (Å²) in [6.45, 7) is 7.15. The normalized spacial score (nSPS) is 25.1. The fourth-order valence-electron chi connectivity index (χ4n) is 2.11. The van der Waals surface area contributed by atoms with Gasteiger partial charge in [-0.1, -0.05) is 0 Å². The number of β-amino-alcohol motifs (C(OH)–C–C–N with tert-alkyl or cyclic N) is 1. The molecule has 0 spiro atoms. The average molecular weight is 236 g/mol. The number of aliphatic hydroxyl groups is 1. The Hall–Kier alpha value is -1.20. The predicted octanol–water partition coefficient (Wildman–Crippen LogP) is 0.865. The van der Waals surface area contributed by atoms with Gasteiger partial charge >= 0.3 is 0 Å². The number of rotatable bonds is 4. The van der Waals surface area contributed by atoms with Crippen molar-refractivity contribution in [3.05, 3.63) is 18.1 Å². The summed E-state index contributed by atoms with van der Waals surface area (Å²) in [5, 5.41) is 13.0. The largest absolute Gasteiger partial charge is 0.389 e. The summed E-state index contributed by atoms with van der Waals surface area (Å²) in [5.41, 5.74) is 0.404. The molecular weight excluding hydrogens is 216 g/mol. The Bertz CT molecular complexity index is 363. The lowest BCUT2D eigenvalue weighted by molar-refractivity contribution is 0.0677. The molecule has 2 N–H and O–H groups in total. The molecule has 1 aromatic heterocycles. The lowest BCUT2D eigenvalue weighted by Gasteiger charge is -2.18. The first kappa shape index (κ1) is 12.3. The molecule has 5 heteroatoms. The highest BCUT2D eigenvalue weighted by Gasteiger charge is 2.31. The van der Waals surface area contributed by atoms with Crippen molar-refractivity contribution in [3.63, 3.8) is 0 Å². The molecule has 2 heterocycles. The van der Waals surface area contributed by atoms with E-state index in [-0.39, 0.29) is 0 Å². The van der Waals surface area contributed by atoms with Crippen LogP contribution in [-0.2, 0) is 6.54 Å². The van der Waals surface area contributed by atoms with Gasteiger partial charge in [-0.2, -0.15) is 0 Å². The molecule has 5 nitrogen and oxygen atoms in total. The van der Waals surface area contributed by atoms with E-state index in [1.807, 2.05) is 13.8 Å². The molecule has 0 radical (unpaired) electrons. The molecule has 17 heavy (non-hydrogen) atoms. The maximum Gasteiger partial charge on any atom is 0.144 e. The van der Waals surface area contributed by atoms with Crippen LogP contribution in [0.4, 0.5) is 5.82 Å². The third kappa shape index (κ3) is 3.38. The van der Waals surface area contributed by atoms with Crippen molar-refractivity contribution in [2.75, 3.05) is 25.0 Å². The van der Waals surface area contributed by atoms with Gasteiger partial charge in [-0.05, 0) is 20.3 Å². The number of nitrogens with one attached hydrogen (secondary N) is 1. The molecule has 1 aliphatic heterocycles. The molecule has 1 aliphatic rings. The Kier molecular flexibility index (Phi) is 3.59. The van der Waals surface area contributed by atoms with Gasteiger partial charge in [0.15, 0.2) is 0 Å². The summed E-state index contributed by atoms with van der Waals surface area (Å²) in [6.07, 6.45) is 4.38. The maximum absolute atomic E-state index is 9.87. The Morgan fingerprint density at radius 1 is 1.47 bits per heavy atom. The van der Waals surface area contributed by atoms with Crippen LogP contribution in [0.1, 0.15) is 26.0 Å². The second kappa shape index (κ2) is 4.98. The van der Waals surface area contributed by atoms with Crippen molar-refractivity contribution in [2.24, 2.45) is 0 Å². The zero-order valence-corrected chi connectivity index (χ0v) is 10.5. The van der Waals surface area contributed by atoms with Crippen LogP contribution in [0.5, 0.6) is 0 Å². The monoisotopic (exact) mass is 236 g/mol. The van der Waals surface area contributed by atoms with Gasteiger partial charge in [0.25, 0.3) is 0 Å². The van der Waals surface area contributed by atoms with E-state index in [0.29, 0.717) is 6.54 Å². The van der Waals surface area contributed by atoms with Gasteiger partial charge in [-0.3, -0.25) is 9.88 Å². The van der Waals surface area contributed by atoms with Crippen molar-refractivity contribution in [1.29, 1.82) is 0 Å². The van der Waals surface area contributed by atoms with Crippen LogP contribution < -0.4 is 5.32 Å². The molecule has 0 aromatic carbocycles. The van der Waals surface area contributed by atoms with Crippen molar-refractivity contribution < 1.29 is 5.11 Å². The summed E-state index contributed by atoms with van der Waals surface area (Å²) in [5.74, 6) is 0.810. The summed E-state index contributed by atoms with van der Waals surface area (Å²) in [4.78, 5) is 10.8. The van der Waals surface area contributed by atoms with Crippen molar-refractivity contribution in [2.45, 2.75) is 32.4 Å². The SMILES string of the molecule is CCNc1cnc(CN2CCC(C)(O)C2)cn1. The predicted molar refractivity (Wildman–Crippen MR) is 66.7 cm³/mol. The highest BCUT2D eigenvalue weighted by molar-refractivity contribution is 5.30. The zero-order valence-electron chi connectivity index (χ0n) is 10.5. The molecular formula is C12H20N4O. The maximum atomic E-state index is 9.87. The second-order valence-electron chi connectivity index (χ2n) is 4.88. The molecule has 1 fully saturated rings. The van der Waals surface area contributed by atoms with E-state index < -0.39 is 5.60 Å². The van der Waals surface area contributed by atoms with Gasteiger partial charge in [-0.25, -0.2) is 4.98 Å². The van der Waals surface area contributed by atoms with Gasteiger partial charge in [0, 0.05) is 26.2 Å². The zero-order chi connectivity index (χ0) is 12.3. The molecule has 0 bridgehead atoms. The number of likely N-dealkylation sites (tertiary alicyclic amines) is 1. The number of nitrogens with zero attached hydrogens (tertiary/aromatic N) is 3. The van der Waals surface area contributed by atoms with Crippen LogP contribution in [-0.4, -0.2) is 45.2 Å². The number of hydrogen-bond donors (Lipinski definition) is 2. The van der Waals surface area contributed by atoms with Crippen molar-refractivity contribution in [3.8, 4) is 0 Å². The molecule has 94 valence electrons. The minimum absolute atomic E-state index is 0.545. The van der Waals surface area contributed by atoms with E-state index in [0.717, 1.165) is 37.6 Å². The quantitative estimate of drug-likeness (QED) is 0.812. The topological polar surface area (TPSA) is 61.3 Å². The molecule has 1 aromatic rings. The molecule has 0 saturated carbocycles. The minimum atomic E-state index is -0.545. The lowest BCUT2D eigenvalue weighted by Crippen LogP contribution is -2.29. The molecule has 0 amide bonds. The van der Waals surface area contributed by atoms with E-state index >= 15 is 0 Å². The lowest BCUT2D eigenvalue weighted by atomic mass is 10.1. The first-order chi connectivity index (χ1) is 8.09. The van der Waals surface area contributed by atoms with Gasteiger partial charge in [0.2, 0.25) is 0 Å².